The average Bonchev–Trinajstić information content (AvgIpc) is 3.26. The Morgan fingerprint density at radius 2 is 1.83 bits per heavy atom. The summed E-state index contributed by atoms with van der Waals surface area (Å²) in [5.41, 5.74) is 2.19. The molecule has 2 aromatic rings. The Morgan fingerprint density at radius 3 is 2.39 bits per heavy atom. The number of para-hydroxylation sites is 2. The topological polar surface area (TPSA) is 39.5 Å². The van der Waals surface area contributed by atoms with Crippen LogP contribution in [-0.4, -0.2) is 32.8 Å². The van der Waals surface area contributed by atoms with Gasteiger partial charge in [0.25, 0.3) is 0 Å². The zero-order valence-electron chi connectivity index (χ0n) is 9.91. The highest BCUT2D eigenvalue weighted by Crippen LogP contribution is 2.32. The summed E-state index contributed by atoms with van der Waals surface area (Å²) in [7, 11) is 0. The summed E-state index contributed by atoms with van der Waals surface area (Å²) >= 11 is 1.92. The predicted octanol–water partition coefficient (Wildman–Crippen LogP) is 1.32. The molecule has 0 bridgehead atoms. The van der Waals surface area contributed by atoms with Crippen molar-refractivity contribution in [2.24, 2.45) is 0 Å². The van der Waals surface area contributed by atoms with Gasteiger partial charge < -0.3 is 4.74 Å². The molecule has 5 heteroatoms. The molecule has 94 valence electrons. The number of ether oxygens (including phenoxy) is 1. The highest BCUT2D eigenvalue weighted by Gasteiger charge is 2.28. The van der Waals surface area contributed by atoms with Gasteiger partial charge in [-0.3, -0.25) is 9.13 Å². The van der Waals surface area contributed by atoms with Crippen LogP contribution in [-0.2, 0) is 17.8 Å². The number of thioether (sulfide) groups is 1. The van der Waals surface area contributed by atoms with Gasteiger partial charge >= 0.3 is 5.69 Å². The largest absolute Gasteiger partial charge is 0.371 e. The number of hydrogen-bond acceptors (Lipinski definition) is 3. The number of nitrogens with zero attached hydrogens (tertiary/aromatic N) is 2. The van der Waals surface area contributed by atoms with E-state index in [2.05, 4.69) is 0 Å². The number of aromatic nitrogens is 2. The minimum atomic E-state index is 0.110. The molecular formula is C13H14N2O2S. The van der Waals surface area contributed by atoms with Crippen LogP contribution in [0.4, 0.5) is 0 Å². The molecule has 2 aliphatic heterocycles. The van der Waals surface area contributed by atoms with Gasteiger partial charge in [0.2, 0.25) is 0 Å². The molecule has 18 heavy (non-hydrogen) atoms. The van der Waals surface area contributed by atoms with Crippen LogP contribution < -0.4 is 5.69 Å². The third-order valence-corrected chi connectivity index (χ3v) is 4.46. The second kappa shape index (κ2) is 3.90. The molecule has 1 aromatic heterocycles. The van der Waals surface area contributed by atoms with Gasteiger partial charge in [0, 0.05) is 17.5 Å². The van der Waals surface area contributed by atoms with Gasteiger partial charge in [0.1, 0.15) is 0 Å². The maximum absolute atomic E-state index is 12.5. The van der Waals surface area contributed by atoms with Crippen LogP contribution in [0.2, 0.25) is 0 Å². The van der Waals surface area contributed by atoms with Gasteiger partial charge in [-0.2, -0.15) is 11.8 Å². The molecule has 0 saturated carbocycles. The lowest BCUT2D eigenvalue weighted by atomic mass is 10.3. The number of rotatable bonds is 4. The standard InChI is InChI=1S/C13H14N2O2S/c16-13-14(5-9-7-17-9)11-3-1-2-4-12(11)15(13)6-10-8-18-10/h1-4,9-10H,5-8H2/t9-,10+/m0/s1. The summed E-state index contributed by atoms with van der Waals surface area (Å²) in [6, 6.07) is 8.04. The van der Waals surface area contributed by atoms with E-state index >= 15 is 0 Å². The van der Waals surface area contributed by atoms with Crippen molar-refractivity contribution >= 4 is 22.8 Å². The van der Waals surface area contributed by atoms with E-state index in [-0.39, 0.29) is 11.8 Å². The summed E-state index contributed by atoms with van der Waals surface area (Å²) in [6.45, 7) is 2.30. The van der Waals surface area contributed by atoms with Gasteiger partial charge in [-0.1, -0.05) is 12.1 Å². The molecule has 4 nitrogen and oxygen atoms in total. The molecule has 2 fully saturated rings. The number of fused-ring (bicyclic) bond motifs is 1. The number of epoxide rings is 1. The Balaban J connectivity index is 1.86. The Bertz CT molecular complexity index is 599. The van der Waals surface area contributed by atoms with E-state index in [1.807, 2.05) is 45.2 Å². The molecule has 0 spiro atoms. The Morgan fingerprint density at radius 1 is 1.22 bits per heavy atom. The van der Waals surface area contributed by atoms with Crippen LogP contribution in [0.25, 0.3) is 11.0 Å². The lowest BCUT2D eigenvalue weighted by Crippen LogP contribution is -2.27. The second-order valence-electron chi connectivity index (χ2n) is 4.90. The predicted molar refractivity (Wildman–Crippen MR) is 72.2 cm³/mol. The van der Waals surface area contributed by atoms with E-state index in [0.29, 0.717) is 11.8 Å². The fourth-order valence-electron chi connectivity index (χ4n) is 2.38. The molecule has 2 atom stereocenters. The first kappa shape index (κ1) is 10.7. The monoisotopic (exact) mass is 262 g/mol. The lowest BCUT2D eigenvalue weighted by Gasteiger charge is -1.99. The van der Waals surface area contributed by atoms with Crippen LogP contribution in [0.1, 0.15) is 0 Å². The van der Waals surface area contributed by atoms with E-state index in [1.165, 1.54) is 5.75 Å². The molecule has 2 aliphatic rings. The van der Waals surface area contributed by atoms with Crippen LogP contribution in [0.15, 0.2) is 29.1 Å². The van der Waals surface area contributed by atoms with Crippen LogP contribution >= 0.6 is 11.8 Å². The van der Waals surface area contributed by atoms with Gasteiger partial charge in [0.15, 0.2) is 0 Å². The van der Waals surface area contributed by atoms with Crippen molar-refractivity contribution in [3.05, 3.63) is 34.7 Å². The summed E-state index contributed by atoms with van der Waals surface area (Å²) in [6.07, 6.45) is 0.234. The number of imidazole rings is 1. The maximum Gasteiger partial charge on any atom is 0.329 e. The van der Waals surface area contributed by atoms with Crippen LogP contribution in [0.3, 0.4) is 0 Å². The molecule has 0 unspecified atom stereocenters. The quantitative estimate of drug-likeness (QED) is 0.780. The molecule has 0 amide bonds. The van der Waals surface area contributed by atoms with Crippen molar-refractivity contribution in [1.82, 2.24) is 9.13 Å². The molecule has 0 N–H and O–H groups in total. The second-order valence-corrected chi connectivity index (χ2v) is 6.24. The minimum Gasteiger partial charge on any atom is -0.371 e. The number of hydrogen-bond donors (Lipinski definition) is 0. The van der Waals surface area contributed by atoms with Gasteiger partial charge in [-0.05, 0) is 12.1 Å². The highest BCUT2D eigenvalue weighted by molar-refractivity contribution is 8.06. The summed E-state index contributed by atoms with van der Waals surface area (Å²) < 4.78 is 9.03. The maximum atomic E-state index is 12.5. The van der Waals surface area contributed by atoms with Crippen molar-refractivity contribution < 1.29 is 4.74 Å². The summed E-state index contributed by atoms with van der Waals surface area (Å²) in [5.74, 6) is 1.18. The van der Waals surface area contributed by atoms with E-state index in [4.69, 9.17) is 4.74 Å². The SMILES string of the molecule is O=c1n(C[C@H]2CO2)c2ccccc2n1C[C@@H]1CS1. The highest BCUT2D eigenvalue weighted by atomic mass is 32.2. The molecular weight excluding hydrogens is 248 g/mol. The van der Waals surface area contributed by atoms with Gasteiger partial charge in [-0.15, -0.1) is 0 Å². The normalized spacial score (nSPS) is 25.6. The van der Waals surface area contributed by atoms with Gasteiger partial charge in [0.05, 0.1) is 30.3 Å². The van der Waals surface area contributed by atoms with Crippen LogP contribution in [0.5, 0.6) is 0 Å². The third-order valence-electron chi connectivity index (χ3n) is 3.50. The smallest absolute Gasteiger partial charge is 0.329 e. The Kier molecular flexibility index (Phi) is 2.32. The lowest BCUT2D eigenvalue weighted by molar-refractivity contribution is 0.381. The number of benzene rings is 1. The molecule has 0 aliphatic carbocycles. The van der Waals surface area contributed by atoms with Crippen molar-refractivity contribution in [3.8, 4) is 0 Å². The van der Waals surface area contributed by atoms with Crippen molar-refractivity contribution in [3.63, 3.8) is 0 Å². The van der Waals surface area contributed by atoms with Crippen LogP contribution in [0, 0.1) is 0 Å². The molecule has 0 radical (unpaired) electrons. The minimum absolute atomic E-state index is 0.110. The zero-order valence-corrected chi connectivity index (χ0v) is 10.7. The van der Waals surface area contributed by atoms with Gasteiger partial charge in [-0.25, -0.2) is 4.79 Å². The van der Waals surface area contributed by atoms with E-state index in [0.717, 1.165) is 24.2 Å². The summed E-state index contributed by atoms with van der Waals surface area (Å²) in [5, 5.41) is 0.624. The van der Waals surface area contributed by atoms with Crippen molar-refractivity contribution in [2.75, 3.05) is 12.4 Å². The zero-order chi connectivity index (χ0) is 12.1. The molecule has 3 heterocycles. The van der Waals surface area contributed by atoms with Crippen molar-refractivity contribution in [1.29, 1.82) is 0 Å². The van der Waals surface area contributed by atoms with E-state index < -0.39 is 0 Å². The molecule has 2 saturated heterocycles. The summed E-state index contributed by atoms with van der Waals surface area (Å²) in [4.78, 5) is 12.5. The first-order valence-electron chi connectivity index (χ1n) is 6.24. The Hall–Kier alpha value is -1.20. The average molecular weight is 262 g/mol. The first-order chi connectivity index (χ1) is 8.83. The van der Waals surface area contributed by atoms with E-state index in [9.17, 15) is 4.79 Å². The fraction of sp³-hybridized carbons (Fsp3) is 0.462. The third kappa shape index (κ3) is 1.78. The van der Waals surface area contributed by atoms with Crippen molar-refractivity contribution in [2.45, 2.75) is 24.4 Å². The molecule has 4 rings (SSSR count). The van der Waals surface area contributed by atoms with E-state index in [1.54, 1.807) is 0 Å². The fourth-order valence-corrected chi connectivity index (χ4v) is 2.88. The molecule has 1 aromatic carbocycles. The Labute approximate surface area is 109 Å². The first-order valence-corrected chi connectivity index (χ1v) is 7.29.